The molecule has 35 heavy (non-hydrogen) atoms. The Morgan fingerprint density at radius 2 is 1.89 bits per heavy atom. The highest BCUT2D eigenvalue weighted by molar-refractivity contribution is 9.10. The first kappa shape index (κ1) is 25.6. The van der Waals surface area contributed by atoms with Crippen LogP contribution in [0, 0.1) is 18.3 Å². The number of aromatic nitrogens is 1. The van der Waals surface area contributed by atoms with Crippen LogP contribution in [-0.4, -0.2) is 38.0 Å². The van der Waals surface area contributed by atoms with Gasteiger partial charge in [-0.1, -0.05) is 17.3 Å². The molecule has 0 saturated heterocycles. The third-order valence-electron chi connectivity index (χ3n) is 4.53. The molecule has 0 radical (unpaired) electrons. The van der Waals surface area contributed by atoms with E-state index in [1.165, 1.54) is 6.08 Å². The van der Waals surface area contributed by atoms with Gasteiger partial charge in [0.15, 0.2) is 28.8 Å². The molecule has 9 nitrogen and oxygen atoms in total. The van der Waals surface area contributed by atoms with Crippen LogP contribution < -0.4 is 24.3 Å². The van der Waals surface area contributed by atoms with Crippen LogP contribution in [-0.2, 0) is 4.79 Å². The van der Waals surface area contributed by atoms with Crippen molar-refractivity contribution < 1.29 is 28.3 Å². The van der Waals surface area contributed by atoms with E-state index < -0.39 is 5.91 Å². The van der Waals surface area contributed by atoms with Crippen LogP contribution in [0.5, 0.6) is 23.0 Å². The molecule has 0 aliphatic carbocycles. The number of benzene rings is 2. The lowest BCUT2D eigenvalue weighted by atomic mass is 10.1. The van der Waals surface area contributed by atoms with Gasteiger partial charge < -0.3 is 28.8 Å². The first-order chi connectivity index (χ1) is 16.9. The van der Waals surface area contributed by atoms with E-state index in [9.17, 15) is 10.1 Å². The van der Waals surface area contributed by atoms with E-state index in [1.807, 2.05) is 37.3 Å². The minimum absolute atomic E-state index is 0.112. The molecule has 3 rings (SSSR count). The van der Waals surface area contributed by atoms with Gasteiger partial charge in [0.1, 0.15) is 30.6 Å². The standard InChI is InChI=1S/C25H24BrN3O6/c1-4-32-22-14-17(12-18(15-27)25(30)28-23-11-16(2)35-29-23)13-19(26)24(22)34-10-9-33-21-8-6-5-7-20(21)31-3/h5-8,11-14H,4,9-10H2,1-3H3,(H,28,29,30)/b18-12-. The van der Waals surface area contributed by atoms with Gasteiger partial charge in [0, 0.05) is 6.07 Å². The maximum atomic E-state index is 12.5. The van der Waals surface area contributed by atoms with Crippen molar-refractivity contribution in [2.24, 2.45) is 0 Å². The maximum Gasteiger partial charge on any atom is 0.267 e. The van der Waals surface area contributed by atoms with Crippen LogP contribution in [0.4, 0.5) is 5.82 Å². The number of nitriles is 1. The number of methoxy groups -OCH3 is 1. The molecule has 0 unspecified atom stereocenters. The monoisotopic (exact) mass is 541 g/mol. The largest absolute Gasteiger partial charge is 0.493 e. The molecule has 0 fully saturated rings. The first-order valence-electron chi connectivity index (χ1n) is 10.7. The molecular formula is C25H24BrN3O6. The number of anilines is 1. The molecule has 1 heterocycles. The molecular weight excluding hydrogens is 518 g/mol. The Labute approximate surface area is 211 Å². The van der Waals surface area contributed by atoms with Crippen molar-refractivity contribution in [1.82, 2.24) is 5.16 Å². The van der Waals surface area contributed by atoms with Gasteiger partial charge in [-0.15, -0.1) is 0 Å². The van der Waals surface area contributed by atoms with Gasteiger partial charge in [-0.25, -0.2) is 0 Å². The van der Waals surface area contributed by atoms with Crippen LogP contribution >= 0.6 is 15.9 Å². The highest BCUT2D eigenvalue weighted by atomic mass is 79.9. The number of halogens is 1. The van der Waals surface area contributed by atoms with E-state index in [0.29, 0.717) is 45.4 Å². The third-order valence-corrected chi connectivity index (χ3v) is 5.12. The summed E-state index contributed by atoms with van der Waals surface area (Å²) in [5.41, 5.74) is 0.458. The Morgan fingerprint density at radius 3 is 2.54 bits per heavy atom. The topological polar surface area (TPSA) is 116 Å². The summed E-state index contributed by atoms with van der Waals surface area (Å²) in [5, 5.41) is 15.7. The number of amides is 1. The number of ether oxygens (including phenoxy) is 4. The molecule has 1 N–H and O–H groups in total. The van der Waals surface area contributed by atoms with Crippen LogP contribution in [0.1, 0.15) is 18.2 Å². The van der Waals surface area contributed by atoms with Crippen molar-refractivity contribution in [2.45, 2.75) is 13.8 Å². The minimum Gasteiger partial charge on any atom is -0.493 e. The SMILES string of the molecule is CCOc1cc(/C=C(/C#N)C(=O)Nc2cc(C)on2)cc(Br)c1OCCOc1ccccc1OC. The predicted molar refractivity (Wildman–Crippen MR) is 133 cm³/mol. The normalized spacial score (nSPS) is 10.9. The molecule has 0 aliphatic rings. The molecule has 0 aliphatic heterocycles. The van der Waals surface area contributed by atoms with Crippen molar-refractivity contribution in [3.05, 3.63) is 63.8 Å². The summed E-state index contributed by atoms with van der Waals surface area (Å²) in [7, 11) is 1.58. The molecule has 1 aromatic heterocycles. The fraction of sp³-hybridized carbons (Fsp3) is 0.240. The Balaban J connectivity index is 1.72. The number of aryl methyl sites for hydroxylation is 1. The maximum absolute atomic E-state index is 12.5. The molecule has 0 spiro atoms. The number of nitrogens with one attached hydrogen (secondary N) is 1. The third kappa shape index (κ3) is 7.01. The van der Waals surface area contributed by atoms with E-state index in [1.54, 1.807) is 32.2 Å². The van der Waals surface area contributed by atoms with E-state index in [0.717, 1.165) is 0 Å². The summed E-state index contributed by atoms with van der Waals surface area (Å²) in [4.78, 5) is 12.5. The molecule has 182 valence electrons. The van der Waals surface area contributed by atoms with E-state index in [4.69, 9.17) is 23.5 Å². The van der Waals surface area contributed by atoms with Crippen LogP contribution in [0.15, 0.2) is 57.0 Å². The van der Waals surface area contributed by atoms with Crippen LogP contribution in [0.25, 0.3) is 6.08 Å². The molecule has 10 heteroatoms. The average molecular weight is 542 g/mol. The van der Waals surface area contributed by atoms with Crippen molar-refractivity contribution >= 4 is 33.7 Å². The van der Waals surface area contributed by atoms with Crippen molar-refractivity contribution in [2.75, 3.05) is 32.2 Å². The lowest BCUT2D eigenvalue weighted by molar-refractivity contribution is -0.112. The zero-order chi connectivity index (χ0) is 25.2. The fourth-order valence-electron chi connectivity index (χ4n) is 3.03. The Morgan fingerprint density at radius 1 is 1.14 bits per heavy atom. The predicted octanol–water partition coefficient (Wildman–Crippen LogP) is 5.16. The van der Waals surface area contributed by atoms with E-state index in [2.05, 4.69) is 26.4 Å². The number of carbonyl (C=O) groups excluding carboxylic acids is 1. The molecule has 0 saturated carbocycles. The molecule has 2 aromatic carbocycles. The second-order valence-electron chi connectivity index (χ2n) is 7.06. The highest BCUT2D eigenvalue weighted by Gasteiger charge is 2.16. The van der Waals surface area contributed by atoms with Crippen molar-refractivity contribution in [3.63, 3.8) is 0 Å². The van der Waals surface area contributed by atoms with Gasteiger partial charge in [-0.3, -0.25) is 4.79 Å². The lowest BCUT2D eigenvalue weighted by Gasteiger charge is -2.15. The average Bonchev–Trinajstić information content (AvgIpc) is 3.26. The zero-order valence-corrected chi connectivity index (χ0v) is 21.0. The number of para-hydroxylation sites is 2. The van der Waals surface area contributed by atoms with Gasteiger partial charge in [0.2, 0.25) is 0 Å². The van der Waals surface area contributed by atoms with Gasteiger partial charge in [0.05, 0.1) is 18.2 Å². The summed E-state index contributed by atoms with van der Waals surface area (Å²) in [6.07, 6.45) is 1.45. The second-order valence-corrected chi connectivity index (χ2v) is 7.91. The van der Waals surface area contributed by atoms with Crippen LogP contribution in [0.3, 0.4) is 0 Å². The smallest absolute Gasteiger partial charge is 0.267 e. The minimum atomic E-state index is -0.608. The molecule has 1 amide bonds. The Bertz CT molecular complexity index is 1250. The molecule has 0 bridgehead atoms. The summed E-state index contributed by atoms with van der Waals surface area (Å²) < 4.78 is 28.2. The van der Waals surface area contributed by atoms with Gasteiger partial charge in [-0.05, 0) is 65.7 Å². The van der Waals surface area contributed by atoms with Gasteiger partial charge in [0.25, 0.3) is 5.91 Å². The molecule has 0 atom stereocenters. The summed E-state index contributed by atoms with van der Waals surface area (Å²) >= 11 is 3.49. The fourth-order valence-corrected chi connectivity index (χ4v) is 3.61. The summed E-state index contributed by atoms with van der Waals surface area (Å²) in [6, 6.07) is 14.2. The Hall–Kier alpha value is -3.97. The first-order valence-corrected chi connectivity index (χ1v) is 11.5. The van der Waals surface area contributed by atoms with E-state index >= 15 is 0 Å². The Kier molecular flexibility index (Phi) is 9.15. The van der Waals surface area contributed by atoms with Crippen molar-refractivity contribution in [1.29, 1.82) is 5.26 Å². The van der Waals surface area contributed by atoms with Crippen LogP contribution in [0.2, 0.25) is 0 Å². The quantitative estimate of drug-likeness (QED) is 0.201. The summed E-state index contributed by atoms with van der Waals surface area (Å²) in [6.45, 7) is 4.46. The number of carbonyl (C=O) groups is 1. The highest BCUT2D eigenvalue weighted by Crippen LogP contribution is 2.37. The van der Waals surface area contributed by atoms with Gasteiger partial charge >= 0.3 is 0 Å². The number of nitrogens with zero attached hydrogens (tertiary/aromatic N) is 2. The zero-order valence-electron chi connectivity index (χ0n) is 19.5. The second kappa shape index (κ2) is 12.5. The lowest BCUT2D eigenvalue weighted by Crippen LogP contribution is -2.13. The molecule has 3 aromatic rings. The number of hydrogen-bond acceptors (Lipinski definition) is 8. The number of hydrogen-bond donors (Lipinski definition) is 1. The summed E-state index contributed by atoms with van der Waals surface area (Å²) in [5.74, 6) is 2.34. The van der Waals surface area contributed by atoms with Crippen molar-refractivity contribution in [3.8, 4) is 29.1 Å². The van der Waals surface area contributed by atoms with E-state index in [-0.39, 0.29) is 24.6 Å². The van der Waals surface area contributed by atoms with Gasteiger partial charge in [-0.2, -0.15) is 5.26 Å². The number of rotatable bonds is 11.